The first-order chi connectivity index (χ1) is 19.2. The molecule has 214 valence electrons. The fourth-order valence-corrected chi connectivity index (χ4v) is 8.37. The van der Waals surface area contributed by atoms with Gasteiger partial charge in [0.2, 0.25) is 10.0 Å². The van der Waals surface area contributed by atoms with Gasteiger partial charge in [-0.15, -0.1) is 0 Å². The molecule has 1 saturated heterocycles. The fraction of sp³-hybridized carbons (Fsp3) is 0.455. The highest BCUT2D eigenvalue weighted by Gasteiger charge is 2.42. The Bertz CT molecular complexity index is 1340. The number of nitrogens with zero attached hydrogens (tertiary/aromatic N) is 2. The van der Waals surface area contributed by atoms with Crippen molar-refractivity contribution < 1.29 is 13.5 Å². The third-order valence-electron chi connectivity index (χ3n) is 9.11. The van der Waals surface area contributed by atoms with Crippen LogP contribution in [0.5, 0.6) is 0 Å². The Balaban J connectivity index is 1.22. The maximum absolute atomic E-state index is 13.5. The minimum absolute atomic E-state index is 0.0844. The first-order valence-electron chi connectivity index (χ1n) is 14.5. The Hall–Kier alpha value is -2.22. The van der Waals surface area contributed by atoms with Crippen molar-refractivity contribution in [3.8, 4) is 0 Å². The van der Waals surface area contributed by atoms with Crippen LogP contribution in [-0.2, 0) is 16.4 Å². The van der Waals surface area contributed by atoms with Crippen molar-refractivity contribution in [2.45, 2.75) is 67.4 Å². The standard InChI is InChI=1S/C33H41ClN2O3S/c1-35(40(38,39)31-16-8-15-29(34)23-31)30-22-28(32(24-30)27-13-6-3-7-14-27)25-36-20-18-33(37,19-21-36)17-9-12-26-10-4-2-5-11-26/h2-8,10-11,13-16,23,28,30,32,37H,9,12,17-22,24-25H2,1H3. The van der Waals surface area contributed by atoms with Crippen molar-refractivity contribution in [1.82, 2.24) is 9.21 Å². The lowest BCUT2D eigenvalue weighted by molar-refractivity contribution is -0.0318. The summed E-state index contributed by atoms with van der Waals surface area (Å²) in [6.45, 7) is 2.67. The predicted octanol–water partition coefficient (Wildman–Crippen LogP) is 6.37. The zero-order valence-electron chi connectivity index (χ0n) is 23.3. The summed E-state index contributed by atoms with van der Waals surface area (Å²) >= 11 is 6.12. The summed E-state index contributed by atoms with van der Waals surface area (Å²) in [6, 6.07) is 27.5. The minimum atomic E-state index is -3.65. The number of aryl methyl sites for hydroxylation is 1. The molecule has 0 spiro atoms. The smallest absolute Gasteiger partial charge is 0.243 e. The number of aliphatic hydroxyl groups is 1. The van der Waals surface area contributed by atoms with Crippen LogP contribution in [0.2, 0.25) is 5.02 Å². The number of sulfonamides is 1. The van der Waals surface area contributed by atoms with E-state index in [1.165, 1.54) is 17.2 Å². The first-order valence-corrected chi connectivity index (χ1v) is 16.3. The van der Waals surface area contributed by atoms with Gasteiger partial charge in [-0.05, 0) is 86.1 Å². The van der Waals surface area contributed by atoms with Crippen LogP contribution in [0.15, 0.2) is 89.8 Å². The van der Waals surface area contributed by atoms with E-state index in [0.29, 0.717) is 10.9 Å². The number of likely N-dealkylation sites (tertiary alicyclic amines) is 1. The number of benzene rings is 3. The van der Waals surface area contributed by atoms with Gasteiger partial charge < -0.3 is 10.0 Å². The van der Waals surface area contributed by atoms with Gasteiger partial charge >= 0.3 is 0 Å². The van der Waals surface area contributed by atoms with Crippen LogP contribution in [0.25, 0.3) is 0 Å². The number of halogens is 1. The fourth-order valence-electron chi connectivity index (χ4n) is 6.69. The lowest BCUT2D eigenvalue weighted by Gasteiger charge is -2.40. The minimum Gasteiger partial charge on any atom is -0.390 e. The van der Waals surface area contributed by atoms with Gasteiger partial charge in [-0.2, -0.15) is 4.31 Å². The first kappa shape index (κ1) is 29.3. The van der Waals surface area contributed by atoms with Gasteiger partial charge in [0.15, 0.2) is 0 Å². The summed E-state index contributed by atoms with van der Waals surface area (Å²) in [4.78, 5) is 2.73. The van der Waals surface area contributed by atoms with Crippen LogP contribution in [0.4, 0.5) is 0 Å². The molecule has 1 aliphatic heterocycles. The third kappa shape index (κ3) is 6.97. The highest BCUT2D eigenvalue weighted by Crippen LogP contribution is 2.43. The van der Waals surface area contributed by atoms with Crippen molar-refractivity contribution >= 4 is 21.6 Å². The van der Waals surface area contributed by atoms with Crippen molar-refractivity contribution in [1.29, 1.82) is 0 Å². The molecule has 0 radical (unpaired) electrons. The lowest BCUT2D eigenvalue weighted by atomic mass is 9.84. The monoisotopic (exact) mass is 580 g/mol. The topological polar surface area (TPSA) is 60.9 Å². The van der Waals surface area contributed by atoms with E-state index in [4.69, 9.17) is 11.6 Å². The summed E-state index contributed by atoms with van der Waals surface area (Å²) in [5.41, 5.74) is 2.01. The SMILES string of the molecule is CN(C1CC(CN2CCC(O)(CCCc3ccccc3)CC2)C(c2ccccc2)C1)S(=O)(=O)c1cccc(Cl)c1. The Morgan fingerprint density at radius 2 is 1.62 bits per heavy atom. The van der Waals surface area contributed by atoms with Crippen LogP contribution >= 0.6 is 11.6 Å². The summed E-state index contributed by atoms with van der Waals surface area (Å²) in [5.74, 6) is 0.628. The van der Waals surface area contributed by atoms with Gasteiger partial charge in [0.05, 0.1) is 10.5 Å². The molecule has 3 atom stereocenters. The Morgan fingerprint density at radius 3 is 2.30 bits per heavy atom. The molecule has 40 heavy (non-hydrogen) atoms. The largest absolute Gasteiger partial charge is 0.390 e. The number of piperidine rings is 1. The molecule has 2 fully saturated rings. The molecule has 2 aliphatic rings. The van der Waals surface area contributed by atoms with Crippen molar-refractivity contribution in [2.24, 2.45) is 5.92 Å². The van der Waals surface area contributed by atoms with Crippen LogP contribution in [0.1, 0.15) is 55.6 Å². The van der Waals surface area contributed by atoms with Gasteiger partial charge in [0, 0.05) is 37.7 Å². The number of hydrogen-bond donors (Lipinski definition) is 1. The maximum atomic E-state index is 13.5. The molecule has 0 aromatic heterocycles. The molecule has 1 saturated carbocycles. The number of rotatable bonds is 10. The van der Waals surface area contributed by atoms with E-state index < -0.39 is 15.6 Å². The van der Waals surface area contributed by atoms with Gasteiger partial charge in [0.1, 0.15) is 0 Å². The highest BCUT2D eigenvalue weighted by atomic mass is 35.5. The van der Waals surface area contributed by atoms with E-state index >= 15 is 0 Å². The molecular formula is C33H41ClN2O3S. The summed E-state index contributed by atoms with van der Waals surface area (Å²) in [7, 11) is -1.94. The molecule has 0 bridgehead atoms. The second kappa shape index (κ2) is 12.7. The zero-order chi connectivity index (χ0) is 28.2. The van der Waals surface area contributed by atoms with E-state index in [9.17, 15) is 13.5 Å². The van der Waals surface area contributed by atoms with Gasteiger partial charge in [-0.3, -0.25) is 0 Å². The Morgan fingerprint density at radius 1 is 0.950 bits per heavy atom. The predicted molar refractivity (Wildman–Crippen MR) is 162 cm³/mol. The molecule has 3 aromatic rings. The second-order valence-corrected chi connectivity index (χ2v) is 14.2. The van der Waals surface area contributed by atoms with Crippen molar-refractivity contribution in [2.75, 3.05) is 26.7 Å². The Kier molecular flexibility index (Phi) is 9.33. The molecule has 3 aromatic carbocycles. The van der Waals surface area contributed by atoms with Gasteiger partial charge in [-0.1, -0.05) is 78.3 Å². The summed E-state index contributed by atoms with van der Waals surface area (Å²) in [5, 5.41) is 11.7. The molecule has 0 amide bonds. The van der Waals surface area contributed by atoms with Crippen LogP contribution in [0, 0.1) is 5.92 Å². The lowest BCUT2D eigenvalue weighted by Crippen LogP contribution is -2.46. The second-order valence-electron chi connectivity index (χ2n) is 11.7. The quantitative estimate of drug-likeness (QED) is 0.303. The molecule has 3 unspecified atom stereocenters. The molecular weight excluding hydrogens is 540 g/mol. The van der Waals surface area contributed by atoms with E-state index in [1.54, 1.807) is 29.6 Å². The van der Waals surface area contributed by atoms with Crippen LogP contribution in [-0.4, -0.2) is 61.1 Å². The van der Waals surface area contributed by atoms with Crippen molar-refractivity contribution in [3.05, 3.63) is 101 Å². The average molecular weight is 581 g/mol. The molecule has 1 N–H and O–H groups in total. The third-order valence-corrected chi connectivity index (χ3v) is 11.3. The highest BCUT2D eigenvalue weighted by molar-refractivity contribution is 7.89. The molecule has 5 rings (SSSR count). The van der Waals surface area contributed by atoms with E-state index in [2.05, 4.69) is 53.4 Å². The average Bonchev–Trinajstić information content (AvgIpc) is 3.38. The normalized spacial score (nSPS) is 23.4. The van der Waals surface area contributed by atoms with Gasteiger partial charge in [0.25, 0.3) is 0 Å². The van der Waals surface area contributed by atoms with Crippen molar-refractivity contribution in [3.63, 3.8) is 0 Å². The molecule has 7 heteroatoms. The molecule has 1 heterocycles. The van der Waals surface area contributed by atoms with Crippen LogP contribution in [0.3, 0.4) is 0 Å². The maximum Gasteiger partial charge on any atom is 0.243 e. The van der Waals surface area contributed by atoms with E-state index in [1.807, 2.05) is 12.1 Å². The van der Waals surface area contributed by atoms with Gasteiger partial charge in [-0.25, -0.2) is 8.42 Å². The molecule has 1 aliphatic carbocycles. The van der Waals surface area contributed by atoms with E-state index in [-0.39, 0.29) is 16.9 Å². The summed E-state index contributed by atoms with van der Waals surface area (Å²) in [6.07, 6.45) is 6.01. The Labute approximate surface area is 244 Å². The van der Waals surface area contributed by atoms with E-state index in [0.717, 1.165) is 64.6 Å². The zero-order valence-corrected chi connectivity index (χ0v) is 24.9. The molecule has 5 nitrogen and oxygen atoms in total. The van der Waals surface area contributed by atoms with Crippen LogP contribution < -0.4 is 0 Å². The summed E-state index contributed by atoms with van der Waals surface area (Å²) < 4.78 is 28.5. The number of hydrogen-bond acceptors (Lipinski definition) is 4.